The van der Waals surface area contributed by atoms with Crippen molar-refractivity contribution < 1.29 is 14.4 Å². The summed E-state index contributed by atoms with van der Waals surface area (Å²) in [7, 11) is 0. The molecular weight excluding hydrogens is 398 g/mol. The topological polar surface area (TPSA) is 78.5 Å². The Morgan fingerprint density at radius 1 is 1.17 bits per heavy atom. The van der Waals surface area contributed by atoms with Gasteiger partial charge < -0.3 is 15.5 Å². The maximum atomic E-state index is 13.2. The van der Waals surface area contributed by atoms with Crippen LogP contribution >= 0.6 is 11.8 Å². The van der Waals surface area contributed by atoms with Crippen LogP contribution in [0.3, 0.4) is 0 Å². The summed E-state index contributed by atoms with van der Waals surface area (Å²) < 4.78 is 0. The number of benzene rings is 1. The molecule has 1 saturated heterocycles. The number of thioether (sulfide) groups is 1. The Bertz CT molecular complexity index is 822. The zero-order valence-corrected chi connectivity index (χ0v) is 18.5. The molecule has 0 radical (unpaired) electrons. The molecule has 2 heterocycles. The van der Waals surface area contributed by atoms with Crippen molar-refractivity contribution in [1.82, 2.24) is 15.5 Å². The highest BCUT2D eigenvalue weighted by molar-refractivity contribution is 7.99. The minimum Gasteiger partial charge on any atom is -0.352 e. The summed E-state index contributed by atoms with van der Waals surface area (Å²) >= 11 is 1.62. The molecular formula is C23H31N3O3S. The fraction of sp³-hybridized carbons (Fsp3) is 0.609. The van der Waals surface area contributed by atoms with E-state index in [4.69, 9.17) is 0 Å². The number of hydrogen-bond acceptors (Lipinski definition) is 4. The van der Waals surface area contributed by atoms with E-state index in [0.717, 1.165) is 31.2 Å². The number of carbonyl (C=O) groups excluding carboxylic acids is 3. The highest BCUT2D eigenvalue weighted by Crippen LogP contribution is 2.48. The SMILES string of the molecule is CC(C)CC(NC(=O)C1CSC2c3ccccc3C(=O)N12)C(=O)NC1CCCCC1. The van der Waals surface area contributed by atoms with E-state index < -0.39 is 12.1 Å². The molecule has 4 rings (SSSR count). The van der Waals surface area contributed by atoms with Gasteiger partial charge in [-0.3, -0.25) is 14.4 Å². The van der Waals surface area contributed by atoms with Gasteiger partial charge >= 0.3 is 0 Å². The summed E-state index contributed by atoms with van der Waals surface area (Å²) in [4.78, 5) is 40.7. The van der Waals surface area contributed by atoms with Crippen LogP contribution in [-0.2, 0) is 9.59 Å². The monoisotopic (exact) mass is 429 g/mol. The van der Waals surface area contributed by atoms with Gasteiger partial charge in [0.2, 0.25) is 11.8 Å². The molecule has 1 saturated carbocycles. The van der Waals surface area contributed by atoms with Crippen molar-refractivity contribution in [2.45, 2.75) is 75.9 Å². The number of hydrogen-bond donors (Lipinski definition) is 2. The van der Waals surface area contributed by atoms with E-state index in [1.165, 1.54) is 6.42 Å². The number of nitrogens with one attached hydrogen (secondary N) is 2. The normalized spacial score (nSPS) is 24.5. The highest BCUT2D eigenvalue weighted by Gasteiger charge is 2.48. The van der Waals surface area contributed by atoms with Crippen molar-refractivity contribution in [2.75, 3.05) is 5.75 Å². The quantitative estimate of drug-likeness (QED) is 0.728. The minimum absolute atomic E-state index is 0.0900. The molecule has 3 amide bonds. The molecule has 1 aliphatic carbocycles. The number of fused-ring (bicyclic) bond motifs is 3. The Hall–Kier alpha value is -2.02. The molecule has 0 spiro atoms. The number of nitrogens with zero attached hydrogens (tertiary/aromatic N) is 1. The average Bonchev–Trinajstić information content (AvgIpc) is 3.28. The molecule has 2 N–H and O–H groups in total. The standard InChI is InChI=1S/C23H31N3O3S/c1-14(2)12-18(20(27)24-15-8-4-3-5-9-15)25-21(28)19-13-30-23-17-11-7-6-10-16(17)22(29)26(19)23/h6-7,10-11,14-15,18-19,23H,3-5,8-9,12-13H2,1-2H3,(H,24,27)(H,25,28). The van der Waals surface area contributed by atoms with Crippen LogP contribution in [0, 0.1) is 5.92 Å². The first kappa shape index (κ1) is 21.2. The van der Waals surface area contributed by atoms with Gasteiger partial charge in [0, 0.05) is 17.4 Å². The van der Waals surface area contributed by atoms with Crippen molar-refractivity contribution in [2.24, 2.45) is 5.92 Å². The average molecular weight is 430 g/mol. The van der Waals surface area contributed by atoms with Gasteiger partial charge in [0.15, 0.2) is 0 Å². The minimum atomic E-state index is -0.566. The lowest BCUT2D eigenvalue weighted by Gasteiger charge is -2.28. The lowest BCUT2D eigenvalue weighted by molar-refractivity contribution is -0.131. The largest absolute Gasteiger partial charge is 0.352 e. The number of rotatable bonds is 6. The molecule has 30 heavy (non-hydrogen) atoms. The van der Waals surface area contributed by atoms with Gasteiger partial charge in [-0.25, -0.2) is 0 Å². The zero-order chi connectivity index (χ0) is 21.3. The van der Waals surface area contributed by atoms with Gasteiger partial charge in [-0.2, -0.15) is 0 Å². The molecule has 3 atom stereocenters. The molecule has 7 heteroatoms. The molecule has 6 nitrogen and oxygen atoms in total. The van der Waals surface area contributed by atoms with Crippen molar-refractivity contribution in [3.63, 3.8) is 0 Å². The van der Waals surface area contributed by atoms with E-state index in [9.17, 15) is 14.4 Å². The summed E-state index contributed by atoms with van der Waals surface area (Å²) in [5, 5.41) is 6.02. The summed E-state index contributed by atoms with van der Waals surface area (Å²) in [6.07, 6.45) is 6.12. The van der Waals surface area contributed by atoms with Crippen molar-refractivity contribution in [3.05, 3.63) is 35.4 Å². The Balaban J connectivity index is 1.44. The molecule has 0 aromatic heterocycles. The van der Waals surface area contributed by atoms with Crippen molar-refractivity contribution in [3.8, 4) is 0 Å². The lowest BCUT2D eigenvalue weighted by Crippen LogP contribution is -2.55. The van der Waals surface area contributed by atoms with Gasteiger partial charge in [-0.15, -0.1) is 11.8 Å². The van der Waals surface area contributed by atoms with Crippen LogP contribution in [0.2, 0.25) is 0 Å². The van der Waals surface area contributed by atoms with E-state index >= 15 is 0 Å². The summed E-state index contributed by atoms with van der Waals surface area (Å²) in [6.45, 7) is 4.10. The molecule has 162 valence electrons. The molecule has 1 aromatic carbocycles. The summed E-state index contributed by atoms with van der Waals surface area (Å²) in [6, 6.07) is 6.67. The van der Waals surface area contributed by atoms with Crippen molar-refractivity contribution >= 4 is 29.5 Å². The van der Waals surface area contributed by atoms with Crippen LogP contribution in [0.25, 0.3) is 0 Å². The molecule has 2 aliphatic heterocycles. The third-order valence-electron chi connectivity index (χ3n) is 6.29. The Kier molecular flexibility index (Phi) is 6.37. The number of carbonyl (C=O) groups is 3. The predicted molar refractivity (Wildman–Crippen MR) is 118 cm³/mol. The maximum absolute atomic E-state index is 13.2. The first-order valence-corrected chi connectivity index (χ1v) is 12.1. The van der Waals surface area contributed by atoms with E-state index in [2.05, 4.69) is 24.5 Å². The van der Waals surface area contributed by atoms with Crippen molar-refractivity contribution in [1.29, 1.82) is 0 Å². The van der Waals surface area contributed by atoms with Gasteiger partial charge in [0.25, 0.3) is 5.91 Å². The first-order chi connectivity index (χ1) is 14.5. The molecule has 2 fully saturated rings. The lowest BCUT2D eigenvalue weighted by atomic mass is 9.94. The van der Waals surface area contributed by atoms with Crippen LogP contribution in [0.15, 0.2) is 24.3 Å². The summed E-state index contributed by atoms with van der Waals surface area (Å²) in [5.41, 5.74) is 1.66. The molecule has 1 aromatic rings. The second-order valence-corrected chi connectivity index (χ2v) is 10.1. The van der Waals surface area contributed by atoms with E-state index in [-0.39, 0.29) is 35.1 Å². The smallest absolute Gasteiger partial charge is 0.256 e. The first-order valence-electron chi connectivity index (χ1n) is 11.1. The molecule has 0 bridgehead atoms. The van der Waals surface area contributed by atoms with Crippen LogP contribution in [0.4, 0.5) is 0 Å². The van der Waals surface area contributed by atoms with Crippen LogP contribution in [0.5, 0.6) is 0 Å². The zero-order valence-electron chi connectivity index (χ0n) is 17.7. The fourth-order valence-corrected chi connectivity index (χ4v) is 6.23. The predicted octanol–water partition coefficient (Wildman–Crippen LogP) is 3.24. The highest BCUT2D eigenvalue weighted by atomic mass is 32.2. The number of amides is 3. The third kappa shape index (κ3) is 4.22. The van der Waals surface area contributed by atoms with Gasteiger partial charge in [0.05, 0.1) is 0 Å². The molecule has 3 unspecified atom stereocenters. The van der Waals surface area contributed by atoms with Gasteiger partial charge in [-0.05, 0) is 36.8 Å². The molecule has 3 aliphatic rings. The van der Waals surface area contributed by atoms with E-state index in [1.807, 2.05) is 24.3 Å². The van der Waals surface area contributed by atoms with Crippen LogP contribution in [0.1, 0.15) is 73.7 Å². The fourth-order valence-electron chi connectivity index (χ4n) is 4.76. The Morgan fingerprint density at radius 3 is 2.63 bits per heavy atom. The second kappa shape index (κ2) is 9.00. The third-order valence-corrected chi connectivity index (χ3v) is 7.59. The van der Waals surface area contributed by atoms with Crippen LogP contribution < -0.4 is 10.6 Å². The maximum Gasteiger partial charge on any atom is 0.256 e. The van der Waals surface area contributed by atoms with Crippen LogP contribution in [-0.4, -0.2) is 46.5 Å². The van der Waals surface area contributed by atoms with Gasteiger partial charge in [-0.1, -0.05) is 51.3 Å². The van der Waals surface area contributed by atoms with E-state index in [1.54, 1.807) is 16.7 Å². The Labute approximate surface area is 182 Å². The second-order valence-electron chi connectivity index (χ2n) is 9.04. The van der Waals surface area contributed by atoms with E-state index in [0.29, 0.717) is 17.7 Å². The Morgan fingerprint density at radius 2 is 1.90 bits per heavy atom. The van der Waals surface area contributed by atoms with Gasteiger partial charge in [0.1, 0.15) is 17.5 Å². The summed E-state index contributed by atoms with van der Waals surface area (Å²) in [5.74, 6) is 0.413.